The van der Waals surface area contributed by atoms with Crippen LogP contribution in [0.3, 0.4) is 0 Å². The number of aromatic carboxylic acids is 1. The molecule has 0 atom stereocenters. The summed E-state index contributed by atoms with van der Waals surface area (Å²) in [6.07, 6.45) is 0. The molecule has 7 heteroatoms. The summed E-state index contributed by atoms with van der Waals surface area (Å²) in [7, 11) is 0. The van der Waals surface area contributed by atoms with Gasteiger partial charge in [-0.15, -0.1) is 0 Å². The quantitative estimate of drug-likeness (QED) is 0.694. The first-order valence-electron chi connectivity index (χ1n) is 8.71. The maximum Gasteiger partial charge on any atom is 0.335 e. The van der Waals surface area contributed by atoms with Crippen molar-refractivity contribution in [1.29, 1.82) is 0 Å². The number of anilines is 1. The second-order valence-electron chi connectivity index (χ2n) is 5.44. The highest BCUT2D eigenvalue weighted by Crippen LogP contribution is 2.39. The molecule has 2 N–H and O–H groups in total. The zero-order valence-electron chi connectivity index (χ0n) is 15.6. The number of amides is 1. The van der Waals surface area contributed by atoms with Crippen LogP contribution in [0.4, 0.5) is 5.69 Å². The molecule has 2 rings (SSSR count). The van der Waals surface area contributed by atoms with Crippen molar-refractivity contribution in [1.82, 2.24) is 0 Å². The average Bonchev–Trinajstić information content (AvgIpc) is 2.64. The monoisotopic (exact) mass is 373 g/mol. The molecule has 0 spiro atoms. The molecule has 0 heterocycles. The van der Waals surface area contributed by atoms with E-state index >= 15 is 0 Å². The minimum absolute atomic E-state index is 0.0875. The van der Waals surface area contributed by atoms with Crippen LogP contribution < -0.4 is 19.5 Å². The molecule has 0 bridgehead atoms. The zero-order chi connectivity index (χ0) is 19.8. The number of carbonyl (C=O) groups excluding carboxylic acids is 1. The molecule has 0 aliphatic rings. The fraction of sp³-hybridized carbons (Fsp3) is 0.300. The first-order valence-corrected chi connectivity index (χ1v) is 8.71. The molecular formula is C20H23NO6. The Morgan fingerprint density at radius 1 is 0.889 bits per heavy atom. The first kappa shape index (κ1) is 20.1. The Balaban J connectivity index is 2.36. The van der Waals surface area contributed by atoms with E-state index in [9.17, 15) is 9.59 Å². The van der Waals surface area contributed by atoms with Crippen LogP contribution >= 0.6 is 0 Å². The smallest absolute Gasteiger partial charge is 0.335 e. The Bertz CT molecular complexity index is 791. The van der Waals surface area contributed by atoms with E-state index in [1.165, 1.54) is 12.1 Å². The van der Waals surface area contributed by atoms with Crippen molar-refractivity contribution in [2.24, 2.45) is 0 Å². The van der Waals surface area contributed by atoms with E-state index in [2.05, 4.69) is 5.32 Å². The predicted molar refractivity (Wildman–Crippen MR) is 101 cm³/mol. The van der Waals surface area contributed by atoms with Gasteiger partial charge >= 0.3 is 5.97 Å². The van der Waals surface area contributed by atoms with Gasteiger partial charge in [0.1, 0.15) is 0 Å². The Morgan fingerprint density at radius 3 is 2.00 bits per heavy atom. The predicted octanol–water partition coefficient (Wildman–Crippen LogP) is 3.83. The normalized spacial score (nSPS) is 10.2. The van der Waals surface area contributed by atoms with Gasteiger partial charge in [0.2, 0.25) is 5.75 Å². The van der Waals surface area contributed by atoms with Crippen molar-refractivity contribution in [3.8, 4) is 17.2 Å². The van der Waals surface area contributed by atoms with Gasteiger partial charge in [0.15, 0.2) is 11.5 Å². The van der Waals surface area contributed by atoms with Crippen LogP contribution in [-0.4, -0.2) is 36.8 Å². The highest BCUT2D eigenvalue weighted by atomic mass is 16.5. The summed E-state index contributed by atoms with van der Waals surface area (Å²) in [4.78, 5) is 23.7. The second-order valence-corrected chi connectivity index (χ2v) is 5.44. The number of benzene rings is 2. The summed E-state index contributed by atoms with van der Waals surface area (Å²) in [6.45, 7) is 6.74. The number of nitrogens with one attached hydrogen (secondary N) is 1. The Hall–Kier alpha value is -3.22. The zero-order valence-corrected chi connectivity index (χ0v) is 15.6. The topological polar surface area (TPSA) is 94.1 Å². The fourth-order valence-electron chi connectivity index (χ4n) is 2.45. The molecule has 0 radical (unpaired) electrons. The first-order chi connectivity index (χ1) is 13.0. The van der Waals surface area contributed by atoms with E-state index < -0.39 is 11.9 Å². The molecule has 0 saturated carbocycles. The van der Waals surface area contributed by atoms with Gasteiger partial charge in [-0.25, -0.2) is 4.79 Å². The maximum absolute atomic E-state index is 12.7. The van der Waals surface area contributed by atoms with Crippen molar-refractivity contribution in [2.45, 2.75) is 20.8 Å². The molecule has 7 nitrogen and oxygen atoms in total. The lowest BCUT2D eigenvalue weighted by Crippen LogP contribution is -2.14. The molecular weight excluding hydrogens is 350 g/mol. The molecule has 0 fully saturated rings. The van der Waals surface area contributed by atoms with Gasteiger partial charge < -0.3 is 24.6 Å². The van der Waals surface area contributed by atoms with Crippen molar-refractivity contribution in [3.63, 3.8) is 0 Å². The number of hydrogen-bond donors (Lipinski definition) is 2. The van der Waals surface area contributed by atoms with Crippen LogP contribution in [0.1, 0.15) is 41.5 Å². The highest BCUT2D eigenvalue weighted by Gasteiger charge is 2.18. The van der Waals surface area contributed by atoms with Crippen LogP contribution in [0.15, 0.2) is 36.4 Å². The third-order valence-electron chi connectivity index (χ3n) is 3.54. The van der Waals surface area contributed by atoms with E-state index in [-0.39, 0.29) is 5.56 Å². The van der Waals surface area contributed by atoms with Gasteiger partial charge in [-0.05, 0) is 51.1 Å². The highest BCUT2D eigenvalue weighted by molar-refractivity contribution is 6.05. The average molecular weight is 373 g/mol. The van der Waals surface area contributed by atoms with Crippen LogP contribution in [-0.2, 0) is 0 Å². The van der Waals surface area contributed by atoms with Crippen molar-refractivity contribution >= 4 is 17.6 Å². The summed E-state index contributed by atoms with van der Waals surface area (Å²) in [5, 5.41) is 11.8. The molecule has 2 aromatic carbocycles. The van der Waals surface area contributed by atoms with Gasteiger partial charge in [0.25, 0.3) is 5.91 Å². The third-order valence-corrected chi connectivity index (χ3v) is 3.54. The summed E-state index contributed by atoms with van der Waals surface area (Å²) in [6, 6.07) is 9.18. The molecule has 0 unspecified atom stereocenters. The van der Waals surface area contributed by atoms with E-state index in [0.717, 1.165) is 0 Å². The fourth-order valence-corrected chi connectivity index (χ4v) is 2.45. The number of ether oxygens (including phenoxy) is 3. The van der Waals surface area contributed by atoms with Gasteiger partial charge in [0.05, 0.1) is 25.4 Å². The van der Waals surface area contributed by atoms with Crippen molar-refractivity contribution in [2.75, 3.05) is 25.1 Å². The molecule has 0 aliphatic heterocycles. The summed E-state index contributed by atoms with van der Waals surface area (Å²) >= 11 is 0. The summed E-state index contributed by atoms with van der Waals surface area (Å²) < 4.78 is 16.8. The lowest BCUT2D eigenvalue weighted by atomic mass is 10.1. The third kappa shape index (κ3) is 5.13. The molecule has 0 aliphatic carbocycles. The SMILES string of the molecule is CCOc1cc(C(=O)Nc2cccc(C(=O)O)c2)cc(OCC)c1OCC. The van der Waals surface area contributed by atoms with Crippen LogP contribution in [0.25, 0.3) is 0 Å². The number of carbonyl (C=O) groups is 2. The van der Waals surface area contributed by atoms with Crippen molar-refractivity contribution in [3.05, 3.63) is 47.5 Å². The molecule has 144 valence electrons. The largest absolute Gasteiger partial charge is 0.490 e. The molecule has 0 aromatic heterocycles. The lowest BCUT2D eigenvalue weighted by Gasteiger charge is -2.17. The molecule has 2 aromatic rings. The Labute approximate surface area is 157 Å². The van der Waals surface area contributed by atoms with Crippen LogP contribution in [0.5, 0.6) is 17.2 Å². The lowest BCUT2D eigenvalue weighted by molar-refractivity contribution is 0.0696. The molecule has 27 heavy (non-hydrogen) atoms. The van der Waals surface area contributed by atoms with Crippen LogP contribution in [0, 0.1) is 0 Å². The molecule has 1 amide bonds. The van der Waals surface area contributed by atoms with E-state index in [1.54, 1.807) is 24.3 Å². The van der Waals surface area contributed by atoms with E-state index in [1.807, 2.05) is 20.8 Å². The van der Waals surface area contributed by atoms with Crippen molar-refractivity contribution < 1.29 is 28.9 Å². The standard InChI is InChI=1S/C20H23NO6/c1-4-25-16-11-14(12-17(26-5-2)18(16)27-6-3)19(22)21-15-9-7-8-13(10-15)20(23)24/h7-12H,4-6H2,1-3H3,(H,21,22)(H,23,24). The van der Waals surface area contributed by atoms with Gasteiger partial charge in [-0.1, -0.05) is 6.07 Å². The number of carboxylic acid groups (broad SMARTS) is 1. The second kappa shape index (κ2) is 9.47. The minimum Gasteiger partial charge on any atom is -0.490 e. The van der Waals surface area contributed by atoms with Gasteiger partial charge in [0, 0.05) is 11.3 Å². The number of hydrogen-bond acceptors (Lipinski definition) is 5. The summed E-state index contributed by atoms with van der Waals surface area (Å²) in [5.74, 6) is -0.206. The Kier molecular flexibility index (Phi) is 7.05. The van der Waals surface area contributed by atoms with Crippen LogP contribution in [0.2, 0.25) is 0 Å². The number of carboxylic acids is 1. The van der Waals surface area contributed by atoms with Gasteiger partial charge in [-0.3, -0.25) is 4.79 Å². The number of rotatable bonds is 9. The molecule has 0 saturated heterocycles. The Morgan fingerprint density at radius 2 is 1.48 bits per heavy atom. The maximum atomic E-state index is 12.7. The minimum atomic E-state index is -1.07. The summed E-state index contributed by atoms with van der Waals surface area (Å²) in [5.41, 5.74) is 0.778. The van der Waals surface area contributed by atoms with E-state index in [0.29, 0.717) is 48.3 Å². The van der Waals surface area contributed by atoms with Gasteiger partial charge in [-0.2, -0.15) is 0 Å². The van der Waals surface area contributed by atoms with E-state index in [4.69, 9.17) is 19.3 Å².